The van der Waals surface area contributed by atoms with E-state index in [1.54, 1.807) is 36.5 Å². The monoisotopic (exact) mass is 405 g/mol. The van der Waals surface area contributed by atoms with Crippen LogP contribution in [0.4, 0.5) is 10.2 Å². The molecule has 1 aromatic carbocycles. The highest BCUT2D eigenvalue weighted by Crippen LogP contribution is 2.45. The Bertz CT molecular complexity index is 1050. The van der Waals surface area contributed by atoms with E-state index in [2.05, 4.69) is 27.8 Å². The number of amides is 1. The van der Waals surface area contributed by atoms with Crippen molar-refractivity contribution in [3.63, 3.8) is 0 Å². The van der Waals surface area contributed by atoms with Crippen molar-refractivity contribution in [2.24, 2.45) is 5.41 Å². The Kier molecular flexibility index (Phi) is 5.35. The van der Waals surface area contributed by atoms with E-state index < -0.39 is 17.7 Å². The summed E-state index contributed by atoms with van der Waals surface area (Å²) in [6.45, 7) is 0.910. The largest absolute Gasteiger partial charge is 0.486 e. The van der Waals surface area contributed by atoms with Gasteiger partial charge in [0, 0.05) is 12.7 Å². The number of pyridine rings is 1. The average Bonchev–Trinajstić information content (AvgIpc) is 3.57. The maximum atomic E-state index is 14.0. The summed E-state index contributed by atoms with van der Waals surface area (Å²) < 4.78 is 19.8. The molecule has 1 saturated carbocycles. The van der Waals surface area contributed by atoms with Gasteiger partial charge in [0.15, 0.2) is 0 Å². The van der Waals surface area contributed by atoms with Crippen molar-refractivity contribution >= 4 is 11.7 Å². The highest BCUT2D eigenvalue weighted by atomic mass is 19.1. The van der Waals surface area contributed by atoms with Gasteiger partial charge in [-0.3, -0.25) is 4.79 Å². The number of nitriles is 2. The summed E-state index contributed by atoms with van der Waals surface area (Å²) >= 11 is 0. The lowest BCUT2D eigenvalue weighted by Crippen LogP contribution is -2.44. The van der Waals surface area contributed by atoms with Gasteiger partial charge in [0.1, 0.15) is 35.3 Å². The molecule has 0 spiro atoms. The van der Waals surface area contributed by atoms with Crippen LogP contribution < -0.4 is 15.4 Å². The third-order valence-corrected chi connectivity index (χ3v) is 5.46. The number of halogens is 1. The van der Waals surface area contributed by atoms with Gasteiger partial charge >= 0.3 is 0 Å². The van der Waals surface area contributed by atoms with Crippen LogP contribution in [-0.4, -0.2) is 36.3 Å². The summed E-state index contributed by atoms with van der Waals surface area (Å²) in [6, 6.07) is 12.7. The van der Waals surface area contributed by atoms with Crippen LogP contribution in [0.2, 0.25) is 0 Å². The van der Waals surface area contributed by atoms with Gasteiger partial charge in [0.2, 0.25) is 5.91 Å². The topological polar surface area (TPSA) is 111 Å². The van der Waals surface area contributed by atoms with Crippen molar-refractivity contribution in [3.05, 3.63) is 42.1 Å². The van der Waals surface area contributed by atoms with Crippen LogP contribution in [0, 0.1) is 28.1 Å². The summed E-state index contributed by atoms with van der Waals surface area (Å²) in [4.78, 5) is 16.4. The van der Waals surface area contributed by atoms with E-state index in [1.165, 1.54) is 0 Å². The van der Waals surface area contributed by atoms with Crippen molar-refractivity contribution < 1.29 is 13.9 Å². The average molecular weight is 405 g/mol. The molecular weight excluding hydrogens is 385 g/mol. The van der Waals surface area contributed by atoms with Gasteiger partial charge in [-0.05, 0) is 61.2 Å². The van der Waals surface area contributed by atoms with Crippen LogP contribution in [0.25, 0.3) is 11.1 Å². The third-order valence-electron chi connectivity index (χ3n) is 5.46. The fourth-order valence-corrected chi connectivity index (χ4v) is 3.42. The first-order valence-electron chi connectivity index (χ1n) is 9.79. The van der Waals surface area contributed by atoms with E-state index in [1.807, 2.05) is 0 Å². The highest BCUT2D eigenvalue weighted by Gasteiger charge is 2.50. The van der Waals surface area contributed by atoms with Crippen molar-refractivity contribution in [1.29, 1.82) is 10.5 Å². The zero-order chi connectivity index (χ0) is 21.1. The van der Waals surface area contributed by atoms with Crippen LogP contribution >= 0.6 is 0 Å². The van der Waals surface area contributed by atoms with Crippen molar-refractivity contribution in [1.82, 2.24) is 10.3 Å². The minimum absolute atomic E-state index is 0.239. The third kappa shape index (κ3) is 3.96. The number of aromatic nitrogens is 1. The number of hydrogen-bond donors (Lipinski definition) is 2. The molecule has 1 aliphatic heterocycles. The maximum Gasteiger partial charge on any atom is 0.246 e. The molecule has 2 aliphatic rings. The van der Waals surface area contributed by atoms with E-state index in [0.29, 0.717) is 42.9 Å². The minimum Gasteiger partial charge on any atom is -0.486 e. The second-order valence-electron chi connectivity index (χ2n) is 7.57. The molecule has 152 valence electrons. The molecule has 2 fully saturated rings. The van der Waals surface area contributed by atoms with Crippen LogP contribution in [-0.2, 0) is 4.79 Å². The Morgan fingerprint density at radius 1 is 1.27 bits per heavy atom. The molecule has 2 aromatic rings. The fraction of sp³-hybridized carbons (Fsp3) is 0.364. The smallest absolute Gasteiger partial charge is 0.246 e. The van der Waals surface area contributed by atoms with Gasteiger partial charge < -0.3 is 15.4 Å². The second kappa shape index (κ2) is 8.10. The SMILES string of the molecule is N#Cc1cc(-c2ccnc(NC(=O)C3(C#N)CC3)c2)ccc1O[C@H]1CCNC[C@H]1F. The maximum absolute atomic E-state index is 14.0. The number of rotatable bonds is 5. The first-order valence-corrected chi connectivity index (χ1v) is 9.79. The Hall–Kier alpha value is -3.49. The van der Waals surface area contributed by atoms with Gasteiger partial charge in [0.05, 0.1) is 11.6 Å². The van der Waals surface area contributed by atoms with Crippen LogP contribution in [0.15, 0.2) is 36.5 Å². The molecule has 0 bridgehead atoms. The number of ether oxygens (including phenoxy) is 1. The predicted octanol–water partition coefficient (Wildman–Crippen LogP) is 2.94. The molecule has 7 nitrogen and oxygen atoms in total. The number of benzene rings is 1. The number of nitrogens with zero attached hydrogens (tertiary/aromatic N) is 3. The molecule has 0 radical (unpaired) electrons. The van der Waals surface area contributed by atoms with Crippen LogP contribution in [0.3, 0.4) is 0 Å². The Balaban J connectivity index is 1.53. The van der Waals surface area contributed by atoms with E-state index in [0.717, 1.165) is 11.1 Å². The zero-order valence-corrected chi connectivity index (χ0v) is 16.2. The lowest BCUT2D eigenvalue weighted by molar-refractivity contribution is -0.119. The summed E-state index contributed by atoms with van der Waals surface area (Å²) in [5.74, 6) is 0.342. The normalized spacial score (nSPS) is 21.7. The lowest BCUT2D eigenvalue weighted by atomic mass is 10.0. The summed E-state index contributed by atoms with van der Waals surface area (Å²) in [7, 11) is 0. The van der Waals surface area contributed by atoms with Crippen LogP contribution in [0.5, 0.6) is 5.75 Å². The number of piperidine rings is 1. The molecule has 8 heteroatoms. The molecule has 2 N–H and O–H groups in total. The first-order chi connectivity index (χ1) is 14.5. The quantitative estimate of drug-likeness (QED) is 0.791. The van der Waals surface area contributed by atoms with Gasteiger partial charge in [-0.25, -0.2) is 9.37 Å². The Morgan fingerprint density at radius 3 is 2.77 bits per heavy atom. The van der Waals surface area contributed by atoms with E-state index in [9.17, 15) is 14.4 Å². The number of hydrogen-bond acceptors (Lipinski definition) is 6. The molecule has 2 atom stereocenters. The molecule has 2 heterocycles. The first kappa shape index (κ1) is 19.8. The Labute approximate surface area is 173 Å². The second-order valence-corrected chi connectivity index (χ2v) is 7.57. The molecule has 0 unspecified atom stereocenters. The number of carbonyl (C=O) groups is 1. The van der Waals surface area contributed by atoms with Gasteiger partial charge in [-0.15, -0.1) is 0 Å². The predicted molar refractivity (Wildman–Crippen MR) is 107 cm³/mol. The molecule has 1 amide bonds. The van der Waals surface area contributed by atoms with E-state index >= 15 is 0 Å². The summed E-state index contributed by atoms with van der Waals surface area (Å²) in [6.07, 6.45) is 1.49. The fourth-order valence-electron chi connectivity index (χ4n) is 3.42. The van der Waals surface area contributed by atoms with Gasteiger partial charge in [-0.1, -0.05) is 6.07 Å². The van der Waals surface area contributed by atoms with Crippen molar-refractivity contribution in [3.8, 4) is 29.0 Å². The number of anilines is 1. The van der Waals surface area contributed by atoms with E-state index in [-0.39, 0.29) is 12.5 Å². The minimum atomic E-state index is -1.13. The molecular formula is C22H20FN5O2. The molecule has 30 heavy (non-hydrogen) atoms. The van der Waals surface area contributed by atoms with E-state index in [4.69, 9.17) is 10.00 Å². The summed E-state index contributed by atoms with van der Waals surface area (Å²) in [5.41, 5.74) is 0.853. The molecule has 1 aliphatic carbocycles. The van der Waals surface area contributed by atoms with Crippen molar-refractivity contribution in [2.45, 2.75) is 31.5 Å². The highest BCUT2D eigenvalue weighted by molar-refractivity contribution is 5.98. The number of carbonyl (C=O) groups excluding carboxylic acids is 1. The molecule has 1 saturated heterocycles. The number of alkyl halides is 1. The van der Waals surface area contributed by atoms with Gasteiger partial charge in [-0.2, -0.15) is 10.5 Å². The lowest BCUT2D eigenvalue weighted by Gasteiger charge is -2.27. The zero-order valence-electron chi connectivity index (χ0n) is 16.2. The van der Waals surface area contributed by atoms with Gasteiger partial charge in [0.25, 0.3) is 0 Å². The molecule has 1 aromatic heterocycles. The number of nitrogens with one attached hydrogen (secondary N) is 2. The van der Waals surface area contributed by atoms with Crippen molar-refractivity contribution in [2.75, 3.05) is 18.4 Å². The standard InChI is InChI=1S/C22H20FN5O2/c23-17-12-26-7-4-19(17)30-18-2-1-14(9-16(18)11-24)15-3-8-27-20(10-15)28-21(29)22(13-25)5-6-22/h1-3,8-10,17,19,26H,4-7,12H2,(H,27,28,29)/t17-,19+/m1/s1. The molecule has 4 rings (SSSR count). The van der Waals surface area contributed by atoms with Crippen LogP contribution in [0.1, 0.15) is 24.8 Å². The summed E-state index contributed by atoms with van der Waals surface area (Å²) in [5, 5.41) is 24.4. The Morgan fingerprint density at radius 2 is 2.07 bits per heavy atom.